The second-order valence-electron chi connectivity index (χ2n) is 5.17. The van der Waals surface area contributed by atoms with Crippen LogP contribution in [0.15, 0.2) is 22.1 Å². The Morgan fingerprint density at radius 2 is 2.00 bits per heavy atom. The third-order valence-corrected chi connectivity index (χ3v) is 4.49. The Bertz CT molecular complexity index is 679. The van der Waals surface area contributed by atoms with Crippen molar-refractivity contribution in [1.29, 1.82) is 0 Å². The minimum Gasteiger partial charge on any atom is -0.465 e. The Morgan fingerprint density at radius 3 is 2.60 bits per heavy atom. The highest BCUT2D eigenvalue weighted by Gasteiger charge is 2.24. The van der Waals surface area contributed by atoms with Gasteiger partial charge in [0.15, 0.2) is 0 Å². The normalized spacial score (nSPS) is 11.5. The lowest BCUT2D eigenvalue weighted by atomic mass is 10.2. The van der Waals surface area contributed by atoms with Crippen LogP contribution in [0.2, 0.25) is 0 Å². The van der Waals surface area contributed by atoms with Crippen molar-refractivity contribution in [3.63, 3.8) is 0 Å². The van der Waals surface area contributed by atoms with Gasteiger partial charge in [0.2, 0.25) is 0 Å². The van der Waals surface area contributed by atoms with Crippen molar-refractivity contribution in [3.8, 4) is 0 Å². The predicted molar refractivity (Wildman–Crippen MR) is 90.3 cm³/mol. The lowest BCUT2D eigenvalue weighted by Gasteiger charge is -2.16. The van der Waals surface area contributed by atoms with Gasteiger partial charge in [0.25, 0.3) is 5.91 Å². The zero-order valence-electron chi connectivity index (χ0n) is 14.0. The summed E-state index contributed by atoms with van der Waals surface area (Å²) in [4.78, 5) is 25.9. The molecule has 1 unspecified atom stereocenters. The van der Waals surface area contributed by atoms with Gasteiger partial charge in [-0.15, -0.1) is 11.8 Å². The first-order valence-corrected chi connectivity index (χ1v) is 8.74. The summed E-state index contributed by atoms with van der Waals surface area (Å²) in [5, 5.41) is 2.13. The van der Waals surface area contributed by atoms with Gasteiger partial charge in [0.05, 0.1) is 12.2 Å². The number of halogens is 2. The number of hydrogen-bond acceptors (Lipinski definition) is 4. The highest BCUT2D eigenvalue weighted by atomic mass is 32.2. The van der Waals surface area contributed by atoms with Crippen molar-refractivity contribution in [3.05, 3.63) is 39.8 Å². The maximum atomic E-state index is 14.0. The molecule has 0 aromatic heterocycles. The average Bonchev–Trinajstić information content (AvgIpc) is 2.56. The lowest BCUT2D eigenvalue weighted by Crippen LogP contribution is -2.21. The SMILES string of the molecule is CCCCOC(=O)C(CCC)Sc1cc(C(=O)N=[N+]=[N-])c(F)cc1F. The number of benzene rings is 1. The first-order valence-electron chi connectivity index (χ1n) is 7.86. The molecule has 1 rings (SSSR count). The monoisotopic (exact) mass is 371 g/mol. The predicted octanol–water partition coefficient (Wildman–Crippen LogP) is 5.02. The molecule has 0 N–H and O–H groups in total. The fourth-order valence-corrected chi connectivity index (χ4v) is 3.11. The zero-order valence-corrected chi connectivity index (χ0v) is 14.8. The standard InChI is InChI=1S/C16H19F2N3O3S/c1-3-5-7-24-16(23)13(6-4-2)25-14-8-10(15(22)20-21-19)11(17)9-12(14)18/h8-9,13H,3-7H2,1-2H3. The van der Waals surface area contributed by atoms with Crippen LogP contribution in [0.1, 0.15) is 49.9 Å². The molecule has 1 amide bonds. The van der Waals surface area contributed by atoms with E-state index in [1.165, 1.54) is 0 Å². The smallest absolute Gasteiger partial charge is 0.319 e. The summed E-state index contributed by atoms with van der Waals surface area (Å²) in [5.41, 5.74) is 7.73. The molecule has 0 heterocycles. The van der Waals surface area contributed by atoms with Crippen LogP contribution < -0.4 is 0 Å². The van der Waals surface area contributed by atoms with Crippen LogP contribution in [-0.2, 0) is 9.53 Å². The van der Waals surface area contributed by atoms with Crippen molar-refractivity contribution in [1.82, 2.24) is 0 Å². The van der Waals surface area contributed by atoms with Crippen LogP contribution in [0.4, 0.5) is 8.78 Å². The van der Waals surface area contributed by atoms with Gasteiger partial charge in [-0.05, 0) is 29.6 Å². The van der Waals surface area contributed by atoms with Crippen molar-refractivity contribution in [2.24, 2.45) is 5.11 Å². The Kier molecular flexibility index (Phi) is 8.94. The molecule has 0 bridgehead atoms. The molecule has 0 saturated carbocycles. The molecule has 0 aliphatic heterocycles. The third-order valence-electron chi connectivity index (χ3n) is 3.21. The molecule has 1 aromatic carbocycles. The number of ether oxygens (including phenoxy) is 1. The number of nitrogens with zero attached hydrogens (tertiary/aromatic N) is 3. The highest BCUT2D eigenvalue weighted by molar-refractivity contribution is 8.00. The van der Waals surface area contributed by atoms with E-state index in [-0.39, 0.29) is 11.5 Å². The number of esters is 1. The van der Waals surface area contributed by atoms with E-state index >= 15 is 0 Å². The van der Waals surface area contributed by atoms with E-state index in [1.807, 2.05) is 13.8 Å². The summed E-state index contributed by atoms with van der Waals surface area (Å²) in [7, 11) is 0. The number of hydrogen-bond donors (Lipinski definition) is 0. The van der Waals surface area contributed by atoms with Crippen molar-refractivity contribution >= 4 is 23.6 Å². The molecule has 0 aliphatic carbocycles. The fraction of sp³-hybridized carbons (Fsp3) is 0.500. The van der Waals surface area contributed by atoms with Gasteiger partial charge in [-0.1, -0.05) is 26.7 Å². The minimum atomic E-state index is -1.15. The number of rotatable bonds is 9. The topological polar surface area (TPSA) is 92.1 Å². The molecule has 0 spiro atoms. The van der Waals surface area contributed by atoms with Crippen LogP contribution in [0.5, 0.6) is 0 Å². The lowest BCUT2D eigenvalue weighted by molar-refractivity contribution is -0.143. The van der Waals surface area contributed by atoms with E-state index in [4.69, 9.17) is 10.3 Å². The van der Waals surface area contributed by atoms with Crippen LogP contribution in [0.25, 0.3) is 10.4 Å². The quantitative estimate of drug-likeness (QED) is 0.152. The van der Waals surface area contributed by atoms with Crippen LogP contribution >= 0.6 is 11.8 Å². The Morgan fingerprint density at radius 1 is 1.28 bits per heavy atom. The van der Waals surface area contributed by atoms with Gasteiger partial charge in [0, 0.05) is 15.9 Å². The molecule has 0 aliphatic rings. The summed E-state index contributed by atoms with van der Waals surface area (Å²) in [6, 6.07) is 1.49. The molecule has 25 heavy (non-hydrogen) atoms. The van der Waals surface area contributed by atoms with Crippen molar-refractivity contribution in [2.45, 2.75) is 49.7 Å². The third kappa shape index (κ3) is 6.36. The van der Waals surface area contributed by atoms with Gasteiger partial charge < -0.3 is 4.74 Å². The number of carbonyl (C=O) groups excluding carboxylic acids is 2. The van der Waals surface area contributed by atoms with E-state index < -0.39 is 34.3 Å². The second kappa shape index (κ2) is 10.7. The largest absolute Gasteiger partial charge is 0.465 e. The van der Waals surface area contributed by atoms with Crippen LogP contribution in [-0.4, -0.2) is 23.7 Å². The number of carbonyl (C=O) groups is 2. The van der Waals surface area contributed by atoms with E-state index in [0.29, 0.717) is 18.9 Å². The molecule has 6 nitrogen and oxygen atoms in total. The second-order valence-corrected chi connectivity index (χ2v) is 6.42. The fourth-order valence-electron chi connectivity index (χ4n) is 1.93. The van der Waals surface area contributed by atoms with Crippen LogP contribution in [0.3, 0.4) is 0 Å². The minimum absolute atomic E-state index is 0.0798. The van der Waals surface area contributed by atoms with E-state index in [2.05, 4.69) is 10.0 Å². The zero-order chi connectivity index (χ0) is 18.8. The maximum absolute atomic E-state index is 14.0. The molecule has 9 heteroatoms. The van der Waals surface area contributed by atoms with Gasteiger partial charge >= 0.3 is 5.97 Å². The number of azide groups is 1. The summed E-state index contributed by atoms with van der Waals surface area (Å²) in [6.07, 6.45) is 2.70. The van der Waals surface area contributed by atoms with Gasteiger partial charge in [-0.2, -0.15) is 0 Å². The molecule has 136 valence electrons. The maximum Gasteiger partial charge on any atom is 0.319 e. The van der Waals surface area contributed by atoms with E-state index in [0.717, 1.165) is 30.7 Å². The van der Waals surface area contributed by atoms with Gasteiger partial charge in [-0.25, -0.2) is 8.78 Å². The van der Waals surface area contributed by atoms with Gasteiger partial charge in [0.1, 0.15) is 16.9 Å². The summed E-state index contributed by atoms with van der Waals surface area (Å²) in [5.74, 6) is -3.66. The summed E-state index contributed by atoms with van der Waals surface area (Å²) in [6.45, 7) is 4.11. The molecule has 1 aromatic rings. The first-order chi connectivity index (χ1) is 11.9. The average molecular weight is 371 g/mol. The molecule has 0 fully saturated rings. The molecular weight excluding hydrogens is 352 g/mol. The number of unbranched alkanes of at least 4 members (excludes halogenated alkanes) is 1. The Labute approximate surface area is 148 Å². The van der Waals surface area contributed by atoms with Crippen LogP contribution in [0, 0.1) is 11.6 Å². The molecule has 1 atom stereocenters. The Balaban J connectivity index is 3.03. The van der Waals surface area contributed by atoms with Crippen molar-refractivity contribution < 1.29 is 23.1 Å². The van der Waals surface area contributed by atoms with E-state index in [9.17, 15) is 18.4 Å². The van der Waals surface area contributed by atoms with E-state index in [1.54, 1.807) is 0 Å². The highest BCUT2D eigenvalue weighted by Crippen LogP contribution is 2.31. The Hall–Kier alpha value is -2.12. The first kappa shape index (κ1) is 20.9. The molecule has 0 saturated heterocycles. The molecule has 0 radical (unpaired) electrons. The van der Waals surface area contributed by atoms with Gasteiger partial charge in [-0.3, -0.25) is 9.59 Å². The van der Waals surface area contributed by atoms with Crippen molar-refractivity contribution in [2.75, 3.05) is 6.61 Å². The summed E-state index contributed by atoms with van der Waals surface area (Å²) >= 11 is 0.861. The number of thioether (sulfide) groups is 1. The molecular formula is C16H19F2N3O3S. The number of amides is 1. The summed E-state index contributed by atoms with van der Waals surface area (Å²) < 4.78 is 32.9.